The second-order valence-electron chi connectivity index (χ2n) is 9.97. The average molecular weight is 536 g/mol. The van der Waals surface area contributed by atoms with Crippen LogP contribution in [0.5, 0.6) is 0 Å². The molecule has 0 aliphatic rings. The van der Waals surface area contributed by atoms with Gasteiger partial charge >= 0.3 is 6.09 Å². The molecular formula is C29H37N5O5. The number of carbonyl (C=O) groups is 3. The number of hydrogen-bond donors (Lipinski definition) is 3. The summed E-state index contributed by atoms with van der Waals surface area (Å²) in [6, 6.07) is 11.4. The molecule has 0 aliphatic carbocycles. The van der Waals surface area contributed by atoms with Gasteiger partial charge in [-0.25, -0.2) is 4.79 Å². The fourth-order valence-electron chi connectivity index (χ4n) is 4.14. The third-order valence-electron chi connectivity index (χ3n) is 6.10. The van der Waals surface area contributed by atoms with Crippen LogP contribution in [0.1, 0.15) is 37.9 Å². The molecule has 0 aliphatic heterocycles. The number of carbonyl (C=O) groups excluding carboxylic acids is 3. The summed E-state index contributed by atoms with van der Waals surface area (Å²) in [6.07, 6.45) is 4.12. The Morgan fingerprint density at radius 3 is 2.62 bits per heavy atom. The van der Waals surface area contributed by atoms with E-state index >= 15 is 0 Å². The highest BCUT2D eigenvalue weighted by Crippen LogP contribution is 2.23. The Kier molecular flexibility index (Phi) is 10.1. The number of nitrogens with one attached hydrogen (secondary N) is 3. The minimum Gasteiger partial charge on any atom is -0.436 e. The number of amides is 3. The van der Waals surface area contributed by atoms with Crippen LogP contribution in [-0.2, 0) is 27.3 Å². The van der Waals surface area contributed by atoms with Crippen LogP contribution in [0.3, 0.4) is 0 Å². The van der Waals surface area contributed by atoms with Crippen LogP contribution in [0.2, 0.25) is 0 Å². The Balaban J connectivity index is 1.75. The first-order chi connectivity index (χ1) is 18.6. The summed E-state index contributed by atoms with van der Waals surface area (Å²) < 4.78 is 6.73. The molecular weight excluding hydrogens is 498 g/mol. The normalized spacial score (nSPS) is 12.1. The van der Waals surface area contributed by atoms with Gasteiger partial charge in [0.15, 0.2) is 6.10 Å². The van der Waals surface area contributed by atoms with Crippen molar-refractivity contribution in [1.82, 2.24) is 19.8 Å². The van der Waals surface area contributed by atoms with Crippen LogP contribution in [0.4, 0.5) is 10.5 Å². The molecule has 10 heteroatoms. The van der Waals surface area contributed by atoms with Crippen molar-refractivity contribution in [3.8, 4) is 0 Å². The van der Waals surface area contributed by atoms with E-state index in [0.29, 0.717) is 18.9 Å². The lowest BCUT2D eigenvalue weighted by Crippen LogP contribution is -2.37. The van der Waals surface area contributed by atoms with Gasteiger partial charge in [-0.15, -0.1) is 0 Å². The van der Waals surface area contributed by atoms with Crippen molar-refractivity contribution in [2.45, 2.75) is 45.8 Å². The van der Waals surface area contributed by atoms with E-state index in [1.807, 2.05) is 12.1 Å². The molecule has 3 amide bonds. The largest absolute Gasteiger partial charge is 0.436 e. The average Bonchev–Trinajstić information content (AvgIpc) is 3.31. The molecule has 10 nitrogen and oxygen atoms in total. The summed E-state index contributed by atoms with van der Waals surface area (Å²) in [5.41, 5.74) is 2.81. The van der Waals surface area contributed by atoms with Crippen LogP contribution in [0, 0.1) is 5.92 Å². The maximum absolute atomic E-state index is 13.2. The first-order valence-corrected chi connectivity index (χ1v) is 12.9. The molecule has 3 rings (SSSR count). The predicted molar refractivity (Wildman–Crippen MR) is 152 cm³/mol. The van der Waals surface area contributed by atoms with E-state index in [1.165, 1.54) is 34.2 Å². The third kappa shape index (κ3) is 8.07. The van der Waals surface area contributed by atoms with Crippen molar-refractivity contribution in [3.63, 3.8) is 0 Å². The number of rotatable bonds is 11. The van der Waals surface area contributed by atoms with Gasteiger partial charge in [0.1, 0.15) is 5.69 Å². The van der Waals surface area contributed by atoms with Crippen LogP contribution >= 0.6 is 0 Å². The summed E-state index contributed by atoms with van der Waals surface area (Å²) in [4.78, 5) is 54.6. The topological polar surface area (TPSA) is 126 Å². The summed E-state index contributed by atoms with van der Waals surface area (Å²) in [6.45, 7) is 4.65. The van der Waals surface area contributed by atoms with Gasteiger partial charge < -0.3 is 29.8 Å². The highest BCUT2D eigenvalue weighted by molar-refractivity contribution is 5.95. The van der Waals surface area contributed by atoms with Gasteiger partial charge in [0.2, 0.25) is 5.91 Å². The van der Waals surface area contributed by atoms with Crippen molar-refractivity contribution in [3.05, 3.63) is 76.4 Å². The lowest BCUT2D eigenvalue weighted by molar-refractivity contribution is -0.124. The predicted octanol–water partition coefficient (Wildman–Crippen LogP) is 3.66. The van der Waals surface area contributed by atoms with E-state index in [1.54, 1.807) is 32.4 Å². The van der Waals surface area contributed by atoms with Gasteiger partial charge in [-0.2, -0.15) is 0 Å². The van der Waals surface area contributed by atoms with Crippen LogP contribution in [0.25, 0.3) is 10.9 Å². The summed E-state index contributed by atoms with van der Waals surface area (Å²) >= 11 is 0. The molecule has 0 saturated heterocycles. The first-order valence-electron chi connectivity index (χ1n) is 12.9. The molecule has 0 saturated carbocycles. The standard InChI is InChI=1S/C29H37N5O5/c1-19(2)16-20-10-8-11-23-22(20)17-21(31-23)18-34-15-9-12-24(28(34)37)32-27(36)25(39-29(38)30-3)13-6-7-14-26(35)33(4)5/h7-12,14-15,17,19,25,31H,6,13,16,18H2,1-5H3,(H,30,38)(H,32,36)/b14-7+. The number of nitrogens with zero attached hydrogens (tertiary/aromatic N) is 2. The molecule has 39 heavy (non-hydrogen) atoms. The number of benzene rings is 1. The van der Waals surface area contributed by atoms with Crippen molar-refractivity contribution in [1.29, 1.82) is 0 Å². The van der Waals surface area contributed by atoms with Gasteiger partial charge in [0.25, 0.3) is 11.5 Å². The lowest BCUT2D eigenvalue weighted by Gasteiger charge is -2.17. The number of anilines is 1. The fourth-order valence-corrected chi connectivity index (χ4v) is 4.14. The molecule has 3 aromatic rings. The molecule has 0 radical (unpaired) electrons. The number of aromatic amines is 1. The number of likely N-dealkylation sites (N-methyl/N-ethyl adjacent to an activating group) is 1. The summed E-state index contributed by atoms with van der Waals surface area (Å²) in [7, 11) is 4.65. The molecule has 2 heterocycles. The van der Waals surface area contributed by atoms with Crippen LogP contribution < -0.4 is 16.2 Å². The molecule has 1 aromatic carbocycles. The van der Waals surface area contributed by atoms with E-state index in [0.717, 1.165) is 23.0 Å². The summed E-state index contributed by atoms with van der Waals surface area (Å²) in [5, 5.41) is 6.06. The molecule has 0 spiro atoms. The maximum atomic E-state index is 13.2. The van der Waals surface area contributed by atoms with Gasteiger partial charge in [0, 0.05) is 43.9 Å². The van der Waals surface area contributed by atoms with Gasteiger partial charge in [-0.05, 0) is 61.1 Å². The zero-order chi connectivity index (χ0) is 28.5. The number of H-pyrrole nitrogens is 1. The Morgan fingerprint density at radius 1 is 1.15 bits per heavy atom. The molecule has 2 aromatic heterocycles. The van der Waals surface area contributed by atoms with Gasteiger partial charge in [-0.3, -0.25) is 14.4 Å². The number of alkyl carbamates (subject to hydrolysis) is 1. The van der Waals surface area contributed by atoms with E-state index in [-0.39, 0.29) is 23.6 Å². The number of allylic oxidation sites excluding steroid dienone is 1. The lowest BCUT2D eigenvalue weighted by atomic mass is 10.00. The highest BCUT2D eigenvalue weighted by Gasteiger charge is 2.23. The van der Waals surface area contributed by atoms with Crippen molar-refractivity contribution < 1.29 is 19.1 Å². The second kappa shape index (κ2) is 13.5. The molecule has 208 valence electrons. The minimum atomic E-state index is -1.16. The number of fused-ring (bicyclic) bond motifs is 1. The smallest absolute Gasteiger partial charge is 0.407 e. The van der Waals surface area contributed by atoms with Gasteiger partial charge in [0.05, 0.1) is 6.54 Å². The first kappa shape index (κ1) is 29.2. The zero-order valence-electron chi connectivity index (χ0n) is 23.1. The quantitative estimate of drug-likeness (QED) is 0.323. The Labute approximate surface area is 228 Å². The van der Waals surface area contributed by atoms with E-state index < -0.39 is 18.1 Å². The van der Waals surface area contributed by atoms with Crippen molar-refractivity contribution in [2.24, 2.45) is 5.92 Å². The Morgan fingerprint density at radius 2 is 1.92 bits per heavy atom. The summed E-state index contributed by atoms with van der Waals surface area (Å²) in [5.74, 6) is -0.312. The van der Waals surface area contributed by atoms with Crippen LogP contribution in [-0.4, -0.2) is 59.6 Å². The molecule has 3 N–H and O–H groups in total. The van der Waals surface area contributed by atoms with Crippen molar-refractivity contribution in [2.75, 3.05) is 26.5 Å². The molecule has 0 fully saturated rings. The number of ether oxygens (including phenoxy) is 1. The van der Waals surface area contributed by atoms with E-state index in [2.05, 4.69) is 41.6 Å². The van der Waals surface area contributed by atoms with Crippen molar-refractivity contribution >= 4 is 34.5 Å². The maximum Gasteiger partial charge on any atom is 0.407 e. The SMILES string of the molecule is CNC(=O)OC(CC/C=C/C(=O)N(C)C)C(=O)Nc1cccn(Cc2cc3c(CC(C)C)cccc3[nH]2)c1=O. The Bertz CT molecular complexity index is 1400. The number of hydrogen-bond acceptors (Lipinski definition) is 5. The highest BCUT2D eigenvalue weighted by atomic mass is 16.6. The van der Waals surface area contributed by atoms with E-state index in [9.17, 15) is 19.2 Å². The second-order valence-corrected chi connectivity index (χ2v) is 9.97. The van der Waals surface area contributed by atoms with Gasteiger partial charge in [-0.1, -0.05) is 32.1 Å². The molecule has 1 atom stereocenters. The number of aromatic nitrogens is 2. The van der Waals surface area contributed by atoms with Crippen LogP contribution in [0.15, 0.2) is 59.5 Å². The molecule has 0 bridgehead atoms. The van der Waals surface area contributed by atoms with E-state index in [4.69, 9.17) is 4.74 Å². The fraction of sp³-hybridized carbons (Fsp3) is 0.379. The number of pyridine rings is 1. The third-order valence-corrected chi connectivity index (χ3v) is 6.10. The zero-order valence-corrected chi connectivity index (χ0v) is 23.1. The Hall–Kier alpha value is -4.34. The monoisotopic (exact) mass is 535 g/mol. The minimum absolute atomic E-state index is 0.0722. The molecule has 1 unspecified atom stereocenters.